The van der Waals surface area contributed by atoms with E-state index in [-0.39, 0.29) is 17.9 Å². The van der Waals surface area contributed by atoms with Crippen molar-refractivity contribution >= 4 is 34.8 Å². The first-order valence-corrected chi connectivity index (χ1v) is 9.48. The molecular weight excluding hydrogens is 364 g/mol. The third-order valence-corrected chi connectivity index (χ3v) is 4.33. The summed E-state index contributed by atoms with van der Waals surface area (Å²) in [7, 11) is 0. The number of hydrogen-bond donors (Lipinski definition) is 2. The number of ether oxygens (including phenoxy) is 1. The first-order chi connectivity index (χ1) is 12.9. The highest BCUT2D eigenvalue weighted by atomic mass is 35.5. The van der Waals surface area contributed by atoms with Crippen molar-refractivity contribution in [1.29, 1.82) is 0 Å². The number of carbonyl (C=O) groups excluding carboxylic acids is 2. The van der Waals surface area contributed by atoms with Crippen molar-refractivity contribution in [3.05, 3.63) is 53.1 Å². The lowest BCUT2D eigenvalue weighted by Gasteiger charge is -2.13. The molecule has 0 unspecified atom stereocenters. The van der Waals surface area contributed by atoms with E-state index in [0.717, 1.165) is 18.6 Å². The van der Waals surface area contributed by atoms with Crippen molar-refractivity contribution in [2.24, 2.45) is 0 Å². The number of halogens is 1. The maximum atomic E-state index is 12.5. The van der Waals surface area contributed by atoms with Crippen LogP contribution in [-0.2, 0) is 4.79 Å². The number of nitrogens with one attached hydrogen (secondary N) is 2. The third kappa shape index (κ3) is 6.29. The van der Waals surface area contributed by atoms with Crippen molar-refractivity contribution in [2.75, 3.05) is 10.6 Å². The second-order valence-electron chi connectivity index (χ2n) is 6.31. The molecule has 5 nitrogen and oxygen atoms in total. The molecule has 2 rings (SSSR count). The minimum absolute atomic E-state index is 0.0750. The Morgan fingerprint density at radius 1 is 1.07 bits per heavy atom. The summed E-state index contributed by atoms with van der Waals surface area (Å²) in [6.07, 6.45) is 2.23. The Kier molecular flexibility index (Phi) is 7.67. The zero-order valence-electron chi connectivity index (χ0n) is 15.8. The average Bonchev–Trinajstić information content (AvgIpc) is 2.65. The monoisotopic (exact) mass is 388 g/mol. The van der Waals surface area contributed by atoms with Crippen LogP contribution in [0.2, 0.25) is 5.02 Å². The minimum atomic E-state index is -0.288. The summed E-state index contributed by atoms with van der Waals surface area (Å²) >= 11 is 6.18. The number of carbonyl (C=O) groups is 2. The van der Waals surface area contributed by atoms with Crippen LogP contribution in [0.5, 0.6) is 5.75 Å². The zero-order valence-corrected chi connectivity index (χ0v) is 16.6. The van der Waals surface area contributed by atoms with E-state index in [1.54, 1.807) is 42.5 Å². The van der Waals surface area contributed by atoms with E-state index in [1.165, 1.54) is 0 Å². The Morgan fingerprint density at radius 3 is 2.41 bits per heavy atom. The molecule has 0 radical (unpaired) electrons. The van der Waals surface area contributed by atoms with E-state index in [2.05, 4.69) is 17.6 Å². The Labute approximate surface area is 165 Å². The maximum absolute atomic E-state index is 12.5. The SMILES string of the molecule is CCCC(=O)Nc1ccc(Cl)c(NC(=O)c2ccc(O[C@H](C)CC)cc2)c1. The zero-order chi connectivity index (χ0) is 19.8. The number of benzene rings is 2. The highest BCUT2D eigenvalue weighted by Gasteiger charge is 2.11. The molecule has 27 heavy (non-hydrogen) atoms. The predicted octanol–water partition coefficient (Wildman–Crippen LogP) is 5.51. The first kappa shape index (κ1) is 20.8. The van der Waals surface area contributed by atoms with Gasteiger partial charge in [0.15, 0.2) is 0 Å². The second-order valence-corrected chi connectivity index (χ2v) is 6.72. The van der Waals surface area contributed by atoms with E-state index in [0.29, 0.717) is 28.4 Å². The lowest BCUT2D eigenvalue weighted by molar-refractivity contribution is -0.116. The van der Waals surface area contributed by atoms with Crippen LogP contribution in [0, 0.1) is 0 Å². The molecule has 0 saturated carbocycles. The van der Waals surface area contributed by atoms with Crippen molar-refractivity contribution in [1.82, 2.24) is 0 Å². The standard InChI is InChI=1S/C21H25ClN2O3/c1-4-6-20(25)23-16-9-12-18(22)19(13-16)24-21(26)15-7-10-17(11-8-15)27-14(3)5-2/h7-14H,4-6H2,1-3H3,(H,23,25)(H,24,26)/t14-/m1/s1. The van der Waals surface area contributed by atoms with Crippen LogP contribution in [0.4, 0.5) is 11.4 Å². The molecule has 0 saturated heterocycles. The van der Waals surface area contributed by atoms with Crippen LogP contribution in [0.3, 0.4) is 0 Å². The highest BCUT2D eigenvalue weighted by molar-refractivity contribution is 6.34. The Morgan fingerprint density at radius 2 is 1.78 bits per heavy atom. The molecule has 2 N–H and O–H groups in total. The van der Waals surface area contributed by atoms with Gasteiger partial charge in [0.05, 0.1) is 16.8 Å². The topological polar surface area (TPSA) is 67.4 Å². The molecule has 2 aromatic carbocycles. The summed E-state index contributed by atoms with van der Waals surface area (Å²) in [5.41, 5.74) is 1.52. The molecule has 0 aromatic heterocycles. The van der Waals surface area contributed by atoms with Gasteiger partial charge in [0.1, 0.15) is 5.75 Å². The van der Waals surface area contributed by atoms with Gasteiger partial charge >= 0.3 is 0 Å². The van der Waals surface area contributed by atoms with Gasteiger partial charge in [0.2, 0.25) is 5.91 Å². The van der Waals surface area contributed by atoms with E-state index in [9.17, 15) is 9.59 Å². The molecule has 0 aliphatic rings. The van der Waals surface area contributed by atoms with Gasteiger partial charge in [-0.05, 0) is 62.2 Å². The largest absolute Gasteiger partial charge is 0.491 e. The molecule has 0 fully saturated rings. The van der Waals surface area contributed by atoms with Crippen LogP contribution in [-0.4, -0.2) is 17.9 Å². The molecule has 2 aromatic rings. The fraction of sp³-hybridized carbons (Fsp3) is 0.333. The van der Waals surface area contributed by atoms with Gasteiger partial charge < -0.3 is 15.4 Å². The minimum Gasteiger partial charge on any atom is -0.491 e. The van der Waals surface area contributed by atoms with Gasteiger partial charge in [-0.2, -0.15) is 0 Å². The summed E-state index contributed by atoms with van der Waals surface area (Å²) in [4.78, 5) is 24.2. The fourth-order valence-corrected chi connectivity index (χ4v) is 2.51. The second kappa shape index (κ2) is 9.97. The van der Waals surface area contributed by atoms with Crippen molar-refractivity contribution in [3.63, 3.8) is 0 Å². The molecule has 2 amide bonds. The molecule has 144 valence electrons. The molecule has 0 spiro atoms. The molecule has 0 heterocycles. The summed E-state index contributed by atoms with van der Waals surface area (Å²) in [6.45, 7) is 5.98. The Hall–Kier alpha value is -2.53. The van der Waals surface area contributed by atoms with Crippen LogP contribution in [0.15, 0.2) is 42.5 Å². The van der Waals surface area contributed by atoms with Gasteiger partial charge in [0.25, 0.3) is 5.91 Å². The lowest BCUT2D eigenvalue weighted by atomic mass is 10.2. The maximum Gasteiger partial charge on any atom is 0.255 e. The quantitative estimate of drug-likeness (QED) is 0.626. The molecule has 0 aliphatic carbocycles. The molecule has 0 bridgehead atoms. The fourth-order valence-electron chi connectivity index (χ4n) is 2.34. The van der Waals surface area contributed by atoms with Gasteiger partial charge in [-0.15, -0.1) is 0 Å². The van der Waals surface area contributed by atoms with Crippen LogP contribution in [0.1, 0.15) is 50.4 Å². The average molecular weight is 389 g/mol. The van der Waals surface area contributed by atoms with E-state index in [1.807, 2.05) is 13.8 Å². The summed E-state index contributed by atoms with van der Waals surface area (Å²) in [5.74, 6) is 0.359. The van der Waals surface area contributed by atoms with Crippen molar-refractivity contribution < 1.29 is 14.3 Å². The lowest BCUT2D eigenvalue weighted by Crippen LogP contribution is -2.14. The Balaban J connectivity index is 2.07. The number of rotatable bonds is 8. The van der Waals surface area contributed by atoms with Crippen LogP contribution < -0.4 is 15.4 Å². The smallest absolute Gasteiger partial charge is 0.255 e. The van der Waals surface area contributed by atoms with Gasteiger partial charge in [0, 0.05) is 17.7 Å². The Bertz CT molecular complexity index is 791. The van der Waals surface area contributed by atoms with E-state index < -0.39 is 0 Å². The predicted molar refractivity (Wildman–Crippen MR) is 110 cm³/mol. The van der Waals surface area contributed by atoms with Crippen molar-refractivity contribution in [2.45, 2.75) is 46.1 Å². The third-order valence-electron chi connectivity index (χ3n) is 4.00. The van der Waals surface area contributed by atoms with Crippen LogP contribution in [0.25, 0.3) is 0 Å². The van der Waals surface area contributed by atoms with Gasteiger partial charge in [-0.25, -0.2) is 0 Å². The summed E-state index contributed by atoms with van der Waals surface area (Å²) < 4.78 is 5.72. The van der Waals surface area contributed by atoms with Crippen LogP contribution >= 0.6 is 11.6 Å². The molecule has 6 heteroatoms. The number of hydrogen-bond acceptors (Lipinski definition) is 3. The number of anilines is 2. The van der Waals surface area contributed by atoms with Gasteiger partial charge in [-0.3, -0.25) is 9.59 Å². The molecular formula is C21H25ClN2O3. The number of amides is 2. The summed E-state index contributed by atoms with van der Waals surface area (Å²) in [6, 6.07) is 11.9. The normalized spacial score (nSPS) is 11.6. The highest BCUT2D eigenvalue weighted by Crippen LogP contribution is 2.26. The van der Waals surface area contributed by atoms with Gasteiger partial charge in [-0.1, -0.05) is 25.4 Å². The molecule has 0 aliphatic heterocycles. The van der Waals surface area contributed by atoms with E-state index in [4.69, 9.17) is 16.3 Å². The molecule has 1 atom stereocenters. The summed E-state index contributed by atoms with van der Waals surface area (Å²) in [5, 5.41) is 5.97. The van der Waals surface area contributed by atoms with E-state index >= 15 is 0 Å². The van der Waals surface area contributed by atoms with Crippen molar-refractivity contribution in [3.8, 4) is 5.75 Å². The first-order valence-electron chi connectivity index (χ1n) is 9.10.